The summed E-state index contributed by atoms with van der Waals surface area (Å²) >= 11 is 0. The molecule has 144 valence electrons. The normalized spacial score (nSPS) is 15.9. The molecule has 0 radical (unpaired) electrons. The van der Waals surface area contributed by atoms with Crippen molar-refractivity contribution in [2.75, 3.05) is 25.0 Å². The summed E-state index contributed by atoms with van der Waals surface area (Å²) in [4.78, 5) is 15.0. The molecule has 3 heterocycles. The Bertz CT molecular complexity index is 908. The first kappa shape index (κ1) is 18.3. The van der Waals surface area contributed by atoms with Crippen LogP contribution in [0.3, 0.4) is 0 Å². The second kappa shape index (κ2) is 8.71. The fourth-order valence-corrected chi connectivity index (χ4v) is 3.51. The minimum atomic E-state index is 0.0566. The van der Waals surface area contributed by atoms with Crippen molar-refractivity contribution in [3.63, 3.8) is 0 Å². The number of hydrogen-bond acceptors (Lipinski definition) is 4. The minimum Gasteiger partial charge on any atom is -0.465 e. The van der Waals surface area contributed by atoms with Gasteiger partial charge in [0.25, 0.3) is 0 Å². The highest BCUT2D eigenvalue weighted by molar-refractivity contribution is 5.93. The van der Waals surface area contributed by atoms with E-state index in [9.17, 15) is 4.79 Å². The number of piperidine rings is 1. The molecule has 28 heavy (non-hydrogen) atoms. The van der Waals surface area contributed by atoms with Crippen LogP contribution in [0.2, 0.25) is 0 Å². The zero-order valence-electron chi connectivity index (χ0n) is 15.7. The molecule has 1 amide bonds. The lowest BCUT2D eigenvalue weighted by atomic mass is 9.95. The van der Waals surface area contributed by atoms with E-state index in [1.54, 1.807) is 12.5 Å². The zero-order valence-corrected chi connectivity index (χ0v) is 15.7. The van der Waals surface area contributed by atoms with Gasteiger partial charge in [-0.25, -0.2) is 0 Å². The maximum absolute atomic E-state index is 12.7. The monoisotopic (exact) mass is 376 g/mol. The van der Waals surface area contributed by atoms with Crippen molar-refractivity contribution in [3.05, 3.63) is 66.8 Å². The number of carbonyl (C=O) groups is 1. The molecular weight excluding hydrogens is 352 g/mol. The maximum atomic E-state index is 12.7. The molecule has 1 aliphatic heterocycles. The first-order chi connectivity index (χ1) is 13.8. The van der Waals surface area contributed by atoms with E-state index in [-0.39, 0.29) is 11.8 Å². The smallest absolute Gasteiger partial charge is 0.227 e. The number of anilines is 1. The summed E-state index contributed by atoms with van der Waals surface area (Å²) in [6.07, 6.45) is 9.25. The van der Waals surface area contributed by atoms with Crippen LogP contribution in [-0.2, 0) is 4.79 Å². The Labute approximate surface area is 164 Å². The van der Waals surface area contributed by atoms with Crippen molar-refractivity contribution in [1.82, 2.24) is 15.1 Å². The third-order valence-corrected chi connectivity index (χ3v) is 5.09. The third-order valence-electron chi connectivity index (χ3n) is 5.09. The van der Waals surface area contributed by atoms with E-state index in [1.165, 1.54) is 0 Å². The van der Waals surface area contributed by atoms with Gasteiger partial charge < -0.3 is 9.73 Å². The number of nitrogens with one attached hydrogen (secondary N) is 2. The van der Waals surface area contributed by atoms with Gasteiger partial charge in [0.05, 0.1) is 12.0 Å². The summed E-state index contributed by atoms with van der Waals surface area (Å²) in [5.41, 5.74) is 2.77. The lowest BCUT2D eigenvalue weighted by Crippen LogP contribution is -2.38. The van der Waals surface area contributed by atoms with E-state index >= 15 is 0 Å². The molecule has 4 rings (SSSR count). The van der Waals surface area contributed by atoms with Gasteiger partial charge in [-0.1, -0.05) is 18.2 Å². The van der Waals surface area contributed by atoms with Crippen LogP contribution in [0.15, 0.2) is 65.4 Å². The molecule has 0 unspecified atom stereocenters. The number of carbonyl (C=O) groups excluding carboxylic acids is 1. The average Bonchev–Trinajstić information content (AvgIpc) is 3.43. The van der Waals surface area contributed by atoms with E-state index in [2.05, 4.69) is 26.5 Å². The molecule has 2 N–H and O–H groups in total. The molecule has 1 saturated heterocycles. The SMILES string of the molecule is O=C(Nc1cccc(-c2ccn[nH]2)c1)C1CCN(C/C=C/c2ccco2)CC1. The van der Waals surface area contributed by atoms with Crippen LogP contribution in [-0.4, -0.2) is 40.6 Å². The predicted molar refractivity (Wildman–Crippen MR) is 110 cm³/mol. The molecule has 0 aliphatic carbocycles. The minimum absolute atomic E-state index is 0.0566. The van der Waals surface area contributed by atoms with Crippen LogP contribution < -0.4 is 5.32 Å². The number of benzene rings is 1. The van der Waals surface area contributed by atoms with Crippen molar-refractivity contribution in [2.24, 2.45) is 5.92 Å². The van der Waals surface area contributed by atoms with Crippen molar-refractivity contribution in [3.8, 4) is 11.3 Å². The molecule has 3 aromatic rings. The Balaban J connectivity index is 1.27. The van der Waals surface area contributed by atoms with Gasteiger partial charge >= 0.3 is 0 Å². The second-order valence-corrected chi connectivity index (χ2v) is 7.03. The number of H-pyrrole nitrogens is 1. The van der Waals surface area contributed by atoms with E-state index in [4.69, 9.17) is 4.42 Å². The first-order valence-corrected chi connectivity index (χ1v) is 9.61. The van der Waals surface area contributed by atoms with Crippen molar-refractivity contribution < 1.29 is 9.21 Å². The molecule has 0 saturated carbocycles. The Morgan fingerprint density at radius 2 is 2.14 bits per heavy atom. The molecule has 6 heteroatoms. The summed E-state index contributed by atoms with van der Waals surface area (Å²) < 4.78 is 5.30. The Kier molecular flexibility index (Phi) is 5.68. The van der Waals surface area contributed by atoms with Gasteiger partial charge in [0.2, 0.25) is 5.91 Å². The summed E-state index contributed by atoms with van der Waals surface area (Å²) in [6, 6.07) is 13.6. The zero-order chi connectivity index (χ0) is 19.2. The highest BCUT2D eigenvalue weighted by atomic mass is 16.3. The Morgan fingerprint density at radius 3 is 2.89 bits per heavy atom. The summed E-state index contributed by atoms with van der Waals surface area (Å²) in [5, 5.41) is 10.00. The molecular formula is C22H24N4O2. The van der Waals surface area contributed by atoms with E-state index in [1.807, 2.05) is 48.5 Å². The van der Waals surface area contributed by atoms with Crippen molar-refractivity contribution in [1.29, 1.82) is 0 Å². The van der Waals surface area contributed by atoms with Gasteiger partial charge in [-0.15, -0.1) is 0 Å². The molecule has 0 spiro atoms. The Hall–Kier alpha value is -3.12. The summed E-state index contributed by atoms with van der Waals surface area (Å²) in [6.45, 7) is 2.73. The number of rotatable bonds is 6. The third kappa shape index (κ3) is 4.58. The lowest BCUT2D eigenvalue weighted by Gasteiger charge is -2.30. The number of hydrogen-bond donors (Lipinski definition) is 2. The molecule has 1 aliphatic rings. The van der Waals surface area contributed by atoms with Gasteiger partial charge in [0.15, 0.2) is 0 Å². The topological polar surface area (TPSA) is 74.2 Å². The summed E-state index contributed by atoms with van der Waals surface area (Å²) in [5.74, 6) is 1.03. The lowest BCUT2D eigenvalue weighted by molar-refractivity contribution is -0.121. The predicted octanol–water partition coefficient (Wildman–Crippen LogP) is 4.03. The van der Waals surface area contributed by atoms with E-state index in [0.29, 0.717) is 0 Å². The molecule has 0 bridgehead atoms. The Morgan fingerprint density at radius 1 is 1.25 bits per heavy atom. The van der Waals surface area contributed by atoms with Crippen LogP contribution in [0.25, 0.3) is 17.3 Å². The van der Waals surface area contributed by atoms with Crippen LogP contribution in [0, 0.1) is 5.92 Å². The van der Waals surface area contributed by atoms with Gasteiger partial charge in [0, 0.05) is 29.9 Å². The number of likely N-dealkylation sites (tertiary alicyclic amines) is 1. The highest BCUT2D eigenvalue weighted by Crippen LogP contribution is 2.23. The number of amides is 1. The largest absolute Gasteiger partial charge is 0.465 e. The van der Waals surface area contributed by atoms with Gasteiger partial charge in [-0.2, -0.15) is 5.10 Å². The van der Waals surface area contributed by atoms with Crippen LogP contribution >= 0.6 is 0 Å². The number of nitrogens with zero attached hydrogens (tertiary/aromatic N) is 2. The van der Waals surface area contributed by atoms with E-state index < -0.39 is 0 Å². The van der Waals surface area contributed by atoms with Crippen LogP contribution in [0.5, 0.6) is 0 Å². The number of aromatic amines is 1. The molecule has 6 nitrogen and oxygen atoms in total. The standard InChI is InChI=1S/C22H24N4O2/c27-22(24-19-5-1-4-18(16-19)21-8-11-23-25-21)17-9-13-26(14-10-17)12-2-6-20-7-3-15-28-20/h1-8,11,15-17H,9-10,12-14H2,(H,23,25)(H,24,27)/b6-2+. The first-order valence-electron chi connectivity index (χ1n) is 9.61. The van der Waals surface area contributed by atoms with E-state index in [0.717, 1.165) is 55.2 Å². The van der Waals surface area contributed by atoms with Gasteiger partial charge in [-0.05, 0) is 62.3 Å². The van der Waals surface area contributed by atoms with Crippen LogP contribution in [0.1, 0.15) is 18.6 Å². The molecule has 2 aromatic heterocycles. The average molecular weight is 376 g/mol. The van der Waals surface area contributed by atoms with Crippen molar-refractivity contribution in [2.45, 2.75) is 12.8 Å². The summed E-state index contributed by atoms with van der Waals surface area (Å²) in [7, 11) is 0. The highest BCUT2D eigenvalue weighted by Gasteiger charge is 2.24. The van der Waals surface area contributed by atoms with Gasteiger partial charge in [-0.3, -0.25) is 14.8 Å². The fraction of sp³-hybridized carbons (Fsp3) is 0.273. The van der Waals surface area contributed by atoms with Crippen molar-refractivity contribution >= 4 is 17.7 Å². The molecule has 1 fully saturated rings. The number of aromatic nitrogens is 2. The molecule has 0 atom stereocenters. The fourth-order valence-electron chi connectivity index (χ4n) is 3.51. The van der Waals surface area contributed by atoms with Gasteiger partial charge in [0.1, 0.15) is 5.76 Å². The second-order valence-electron chi connectivity index (χ2n) is 7.03. The quantitative estimate of drug-likeness (QED) is 0.681. The number of furan rings is 1. The molecule has 1 aromatic carbocycles. The van der Waals surface area contributed by atoms with Crippen LogP contribution in [0.4, 0.5) is 5.69 Å². The maximum Gasteiger partial charge on any atom is 0.227 e.